The van der Waals surface area contributed by atoms with Crippen molar-refractivity contribution in [3.05, 3.63) is 0 Å². The molecule has 0 radical (unpaired) electrons. The molecule has 114 valence electrons. The first kappa shape index (κ1) is 15.7. The van der Waals surface area contributed by atoms with Gasteiger partial charge < -0.3 is 20.5 Å². The molecule has 0 spiro atoms. The van der Waals surface area contributed by atoms with Gasteiger partial charge in [-0.1, -0.05) is 19.1 Å². The molecule has 3 N–H and O–H groups in total. The number of hydrogen-bond acceptors (Lipinski definition) is 4. The molecular weight excluding hydrogens is 276 g/mol. The minimum absolute atomic E-state index is 0.0407. The van der Waals surface area contributed by atoms with Gasteiger partial charge in [-0.25, -0.2) is 0 Å². The molecule has 0 aromatic heterocycles. The van der Waals surface area contributed by atoms with Gasteiger partial charge in [-0.15, -0.1) is 0 Å². The molecule has 1 amide bonds. The summed E-state index contributed by atoms with van der Waals surface area (Å²) < 4.78 is 10.7. The van der Waals surface area contributed by atoms with Gasteiger partial charge >= 0.3 is 0 Å². The normalized spacial score (nSPS) is 24.9. The summed E-state index contributed by atoms with van der Waals surface area (Å²) in [6.07, 6.45) is 3.09. The van der Waals surface area contributed by atoms with Crippen LogP contribution in [-0.4, -0.2) is 43.9 Å². The lowest BCUT2D eigenvalue weighted by Gasteiger charge is -2.38. The highest BCUT2D eigenvalue weighted by atomic mass is 32.1. The average Bonchev–Trinajstić information content (AvgIpc) is 2.46. The minimum atomic E-state index is -0.727. The van der Waals surface area contributed by atoms with E-state index in [2.05, 4.69) is 12.2 Å². The zero-order chi connectivity index (χ0) is 14.6. The summed E-state index contributed by atoms with van der Waals surface area (Å²) in [5.74, 6) is -0.0407. The van der Waals surface area contributed by atoms with Gasteiger partial charge in [0, 0.05) is 33.0 Å². The fraction of sp³-hybridized carbons (Fsp3) is 0.857. The molecule has 6 heteroatoms. The van der Waals surface area contributed by atoms with Crippen LogP contribution in [0.25, 0.3) is 0 Å². The molecule has 2 saturated heterocycles. The van der Waals surface area contributed by atoms with E-state index < -0.39 is 5.41 Å². The number of hydrogen-bond donors (Lipinski definition) is 2. The minimum Gasteiger partial charge on any atom is -0.392 e. The number of carbonyl (C=O) groups is 1. The second-order valence-electron chi connectivity index (χ2n) is 6.16. The number of thiocarbonyl (C=S) groups is 1. The van der Waals surface area contributed by atoms with E-state index in [1.54, 1.807) is 0 Å². The van der Waals surface area contributed by atoms with E-state index >= 15 is 0 Å². The molecule has 2 rings (SSSR count). The number of nitrogens with two attached hydrogens (primary N) is 1. The molecule has 0 atom stereocenters. The Kier molecular flexibility index (Phi) is 4.99. The van der Waals surface area contributed by atoms with Gasteiger partial charge in [0.2, 0.25) is 5.91 Å². The van der Waals surface area contributed by atoms with Crippen molar-refractivity contribution in [3.8, 4) is 0 Å². The highest BCUT2D eigenvalue weighted by molar-refractivity contribution is 7.80. The summed E-state index contributed by atoms with van der Waals surface area (Å²) in [4.78, 5) is 12.9. The second-order valence-corrected chi connectivity index (χ2v) is 6.60. The van der Waals surface area contributed by atoms with Crippen LogP contribution in [0.2, 0.25) is 0 Å². The maximum atomic E-state index is 12.6. The Labute approximate surface area is 125 Å². The Hall–Kier alpha value is -0.720. The molecule has 0 aromatic carbocycles. The molecule has 5 nitrogen and oxygen atoms in total. The number of ether oxygens (including phenoxy) is 2. The predicted octanol–water partition coefficient (Wildman–Crippen LogP) is 1.00. The zero-order valence-corrected chi connectivity index (χ0v) is 12.9. The van der Waals surface area contributed by atoms with Gasteiger partial charge in [-0.3, -0.25) is 4.79 Å². The molecule has 2 fully saturated rings. The predicted molar refractivity (Wildman–Crippen MR) is 80.4 cm³/mol. The smallest absolute Gasteiger partial charge is 0.233 e. The van der Waals surface area contributed by atoms with E-state index in [0.29, 0.717) is 32.6 Å². The molecule has 0 bridgehead atoms. The maximum absolute atomic E-state index is 12.6. The van der Waals surface area contributed by atoms with E-state index in [9.17, 15) is 4.79 Å². The van der Waals surface area contributed by atoms with Crippen LogP contribution in [0.3, 0.4) is 0 Å². The molecule has 0 aromatic rings. The molecular formula is C14H24N2O3S. The van der Waals surface area contributed by atoms with Crippen LogP contribution in [0.4, 0.5) is 0 Å². The van der Waals surface area contributed by atoms with Crippen LogP contribution >= 0.6 is 12.2 Å². The summed E-state index contributed by atoms with van der Waals surface area (Å²) >= 11 is 5.14. The number of nitrogens with one attached hydrogen (secondary N) is 1. The van der Waals surface area contributed by atoms with Gasteiger partial charge in [-0.2, -0.15) is 0 Å². The molecule has 2 aliphatic heterocycles. The van der Waals surface area contributed by atoms with Crippen molar-refractivity contribution in [1.82, 2.24) is 5.32 Å². The van der Waals surface area contributed by atoms with Crippen molar-refractivity contribution in [1.29, 1.82) is 0 Å². The van der Waals surface area contributed by atoms with Crippen LogP contribution in [-0.2, 0) is 14.3 Å². The quantitative estimate of drug-likeness (QED) is 0.758. The fourth-order valence-electron chi connectivity index (χ4n) is 2.81. The SMILES string of the molecule is CC1(CNC(=O)C2(C(N)=S)CCOCC2)CCOCC1. The third-order valence-electron chi connectivity index (χ3n) is 4.63. The first-order chi connectivity index (χ1) is 9.49. The largest absolute Gasteiger partial charge is 0.392 e. The van der Waals surface area contributed by atoms with Gasteiger partial charge in [0.15, 0.2) is 0 Å². The van der Waals surface area contributed by atoms with Crippen LogP contribution in [0, 0.1) is 10.8 Å². The maximum Gasteiger partial charge on any atom is 0.233 e. The highest BCUT2D eigenvalue weighted by Crippen LogP contribution is 2.33. The molecule has 0 saturated carbocycles. The lowest BCUT2D eigenvalue weighted by atomic mass is 9.78. The average molecular weight is 300 g/mol. The standard InChI is InChI=1S/C14H24N2O3S/c1-13(2-6-18-7-3-13)10-16-12(17)14(11(15)20)4-8-19-9-5-14/h2-10H2,1H3,(H2,15,20)(H,16,17). The van der Waals surface area contributed by atoms with Crippen LogP contribution < -0.4 is 11.1 Å². The van der Waals surface area contributed by atoms with Crippen molar-refractivity contribution in [2.75, 3.05) is 33.0 Å². The van der Waals surface area contributed by atoms with Crippen molar-refractivity contribution < 1.29 is 14.3 Å². The van der Waals surface area contributed by atoms with E-state index in [1.165, 1.54) is 0 Å². The monoisotopic (exact) mass is 300 g/mol. The third-order valence-corrected chi connectivity index (χ3v) is 5.02. The first-order valence-corrected chi connectivity index (χ1v) is 7.63. The molecule has 0 aliphatic carbocycles. The van der Waals surface area contributed by atoms with Gasteiger partial charge in [0.25, 0.3) is 0 Å². The highest BCUT2D eigenvalue weighted by Gasteiger charge is 2.43. The van der Waals surface area contributed by atoms with Crippen molar-refractivity contribution in [2.45, 2.75) is 32.6 Å². The lowest BCUT2D eigenvalue weighted by molar-refractivity contribution is -0.132. The Balaban J connectivity index is 1.96. The Morgan fingerprint density at radius 3 is 2.15 bits per heavy atom. The van der Waals surface area contributed by atoms with E-state index in [0.717, 1.165) is 26.1 Å². The van der Waals surface area contributed by atoms with Gasteiger partial charge in [0.1, 0.15) is 5.41 Å². The van der Waals surface area contributed by atoms with E-state index in [-0.39, 0.29) is 16.3 Å². The van der Waals surface area contributed by atoms with Crippen molar-refractivity contribution >= 4 is 23.1 Å². The van der Waals surface area contributed by atoms with E-state index in [1.807, 2.05) is 0 Å². The lowest BCUT2D eigenvalue weighted by Crippen LogP contribution is -2.53. The van der Waals surface area contributed by atoms with Crippen molar-refractivity contribution in [3.63, 3.8) is 0 Å². The number of amides is 1. The van der Waals surface area contributed by atoms with Crippen LogP contribution in [0.5, 0.6) is 0 Å². The Morgan fingerprint density at radius 2 is 1.65 bits per heavy atom. The van der Waals surface area contributed by atoms with Crippen LogP contribution in [0.1, 0.15) is 32.6 Å². The fourth-order valence-corrected chi connectivity index (χ4v) is 3.11. The Bertz CT molecular complexity index is 375. The summed E-state index contributed by atoms with van der Waals surface area (Å²) in [7, 11) is 0. The van der Waals surface area contributed by atoms with Gasteiger partial charge in [0.05, 0.1) is 4.99 Å². The van der Waals surface area contributed by atoms with E-state index in [4.69, 9.17) is 27.4 Å². The number of rotatable bonds is 4. The Morgan fingerprint density at radius 1 is 1.15 bits per heavy atom. The number of carbonyl (C=O) groups excluding carboxylic acids is 1. The zero-order valence-electron chi connectivity index (χ0n) is 12.1. The molecule has 0 unspecified atom stereocenters. The van der Waals surface area contributed by atoms with Crippen molar-refractivity contribution in [2.24, 2.45) is 16.6 Å². The van der Waals surface area contributed by atoms with Crippen LogP contribution in [0.15, 0.2) is 0 Å². The summed E-state index contributed by atoms with van der Waals surface area (Å²) in [6.45, 7) is 5.45. The molecule has 20 heavy (non-hydrogen) atoms. The first-order valence-electron chi connectivity index (χ1n) is 7.22. The molecule has 2 heterocycles. The second kappa shape index (κ2) is 6.37. The van der Waals surface area contributed by atoms with Gasteiger partial charge in [-0.05, 0) is 31.1 Å². The molecule has 2 aliphatic rings. The summed E-state index contributed by atoms with van der Waals surface area (Å²) in [5.41, 5.74) is 5.22. The third kappa shape index (κ3) is 3.30. The summed E-state index contributed by atoms with van der Waals surface area (Å²) in [6, 6.07) is 0. The summed E-state index contributed by atoms with van der Waals surface area (Å²) in [5, 5.41) is 3.07. The topological polar surface area (TPSA) is 73.6 Å².